The van der Waals surface area contributed by atoms with E-state index in [4.69, 9.17) is 0 Å². The van der Waals surface area contributed by atoms with Crippen molar-refractivity contribution in [1.82, 2.24) is 19.6 Å². The predicted molar refractivity (Wildman–Crippen MR) is 77.3 cm³/mol. The van der Waals surface area contributed by atoms with Gasteiger partial charge in [-0.05, 0) is 52.8 Å². The first kappa shape index (κ1) is 13.1. The molecule has 2 fully saturated rings. The highest BCUT2D eigenvalue weighted by atomic mass is 15.3. The number of likely N-dealkylation sites (N-methyl/N-ethyl adjacent to an activating group) is 1. The standard InChI is InChI=1S/C15H26N4/c1-12-10-13(2)19(16-12)9-8-18-7-6-14-4-5-15(11-18)17(14)3/h10,14-15H,4-9,11H2,1-3H3/t14-,15+/m1/s1. The van der Waals surface area contributed by atoms with E-state index < -0.39 is 0 Å². The third-order valence-electron chi connectivity index (χ3n) is 4.96. The van der Waals surface area contributed by atoms with Gasteiger partial charge < -0.3 is 0 Å². The number of aromatic nitrogens is 2. The van der Waals surface area contributed by atoms with Crippen LogP contribution in [0.5, 0.6) is 0 Å². The second-order valence-electron chi connectivity index (χ2n) is 6.29. The lowest BCUT2D eigenvalue weighted by molar-refractivity contribution is 0.212. The van der Waals surface area contributed by atoms with Crippen LogP contribution in [-0.4, -0.2) is 58.3 Å². The van der Waals surface area contributed by atoms with Gasteiger partial charge in [0.05, 0.1) is 12.2 Å². The highest BCUT2D eigenvalue weighted by molar-refractivity contribution is 5.06. The van der Waals surface area contributed by atoms with Crippen LogP contribution in [0, 0.1) is 13.8 Å². The fourth-order valence-electron chi connectivity index (χ4n) is 3.72. The number of likely N-dealkylation sites (tertiary alicyclic amines) is 1. The summed E-state index contributed by atoms with van der Waals surface area (Å²) in [5.41, 5.74) is 2.41. The molecule has 2 aliphatic rings. The zero-order valence-electron chi connectivity index (χ0n) is 12.5. The van der Waals surface area contributed by atoms with Crippen LogP contribution in [0.25, 0.3) is 0 Å². The number of nitrogens with zero attached hydrogens (tertiary/aromatic N) is 4. The Morgan fingerprint density at radius 1 is 1.16 bits per heavy atom. The normalized spacial score (nSPS) is 28.8. The van der Waals surface area contributed by atoms with Gasteiger partial charge in [-0.15, -0.1) is 0 Å². The average Bonchev–Trinajstić information content (AvgIpc) is 2.79. The van der Waals surface area contributed by atoms with Gasteiger partial charge in [-0.25, -0.2) is 0 Å². The molecule has 2 aliphatic heterocycles. The quantitative estimate of drug-likeness (QED) is 0.828. The molecule has 4 nitrogen and oxygen atoms in total. The fourth-order valence-corrected chi connectivity index (χ4v) is 3.72. The average molecular weight is 262 g/mol. The second kappa shape index (κ2) is 5.25. The number of hydrogen-bond donors (Lipinski definition) is 0. The van der Waals surface area contributed by atoms with Crippen molar-refractivity contribution in [3.63, 3.8) is 0 Å². The molecule has 2 bridgehead atoms. The molecule has 2 saturated heterocycles. The van der Waals surface area contributed by atoms with Crippen LogP contribution in [-0.2, 0) is 6.54 Å². The van der Waals surface area contributed by atoms with Crippen LogP contribution in [0.3, 0.4) is 0 Å². The minimum atomic E-state index is 0.785. The monoisotopic (exact) mass is 262 g/mol. The van der Waals surface area contributed by atoms with Crippen molar-refractivity contribution >= 4 is 0 Å². The van der Waals surface area contributed by atoms with E-state index in [1.807, 2.05) is 0 Å². The number of hydrogen-bond acceptors (Lipinski definition) is 3. The van der Waals surface area contributed by atoms with E-state index in [0.29, 0.717) is 0 Å². The Balaban J connectivity index is 1.57. The summed E-state index contributed by atoms with van der Waals surface area (Å²) in [6.45, 7) is 8.89. The summed E-state index contributed by atoms with van der Waals surface area (Å²) in [4.78, 5) is 5.25. The predicted octanol–water partition coefficient (Wildman–Crippen LogP) is 1.67. The van der Waals surface area contributed by atoms with Gasteiger partial charge in [0.25, 0.3) is 0 Å². The van der Waals surface area contributed by atoms with E-state index in [2.05, 4.69) is 46.5 Å². The van der Waals surface area contributed by atoms with Crippen molar-refractivity contribution in [1.29, 1.82) is 0 Å². The molecule has 0 amide bonds. The van der Waals surface area contributed by atoms with Crippen molar-refractivity contribution in [3.05, 3.63) is 17.5 Å². The third kappa shape index (κ3) is 2.70. The number of fused-ring (bicyclic) bond motifs is 2. The third-order valence-corrected chi connectivity index (χ3v) is 4.96. The first-order chi connectivity index (χ1) is 9.13. The molecule has 3 rings (SSSR count). The van der Waals surface area contributed by atoms with E-state index in [-0.39, 0.29) is 0 Å². The van der Waals surface area contributed by atoms with Gasteiger partial charge in [0, 0.05) is 30.9 Å². The van der Waals surface area contributed by atoms with Crippen LogP contribution in [0.2, 0.25) is 0 Å². The summed E-state index contributed by atoms with van der Waals surface area (Å²) in [6, 6.07) is 3.79. The highest BCUT2D eigenvalue weighted by Gasteiger charge is 2.34. The van der Waals surface area contributed by atoms with Crippen LogP contribution in [0.1, 0.15) is 30.7 Å². The van der Waals surface area contributed by atoms with Crippen molar-refractivity contribution in [3.8, 4) is 0 Å². The largest absolute Gasteiger partial charge is 0.300 e. The Labute approximate surface area is 116 Å². The van der Waals surface area contributed by atoms with E-state index in [0.717, 1.165) is 30.9 Å². The molecule has 0 aromatic carbocycles. The highest BCUT2D eigenvalue weighted by Crippen LogP contribution is 2.28. The van der Waals surface area contributed by atoms with Gasteiger partial charge in [-0.3, -0.25) is 14.5 Å². The maximum absolute atomic E-state index is 4.56. The summed E-state index contributed by atoms with van der Waals surface area (Å²) < 4.78 is 2.15. The minimum absolute atomic E-state index is 0.785. The van der Waals surface area contributed by atoms with Gasteiger partial charge in [-0.2, -0.15) is 5.10 Å². The molecule has 0 radical (unpaired) electrons. The Bertz CT molecular complexity index is 439. The number of rotatable bonds is 3. The lowest BCUT2D eigenvalue weighted by Crippen LogP contribution is -2.38. The van der Waals surface area contributed by atoms with Crippen LogP contribution in [0.4, 0.5) is 0 Å². The molecule has 0 spiro atoms. The first-order valence-corrected chi connectivity index (χ1v) is 7.59. The summed E-state index contributed by atoms with van der Waals surface area (Å²) in [5, 5.41) is 4.56. The summed E-state index contributed by atoms with van der Waals surface area (Å²) in [7, 11) is 2.31. The molecule has 0 saturated carbocycles. The van der Waals surface area contributed by atoms with Crippen LogP contribution in [0.15, 0.2) is 6.07 Å². The molecule has 0 unspecified atom stereocenters. The fraction of sp³-hybridized carbons (Fsp3) is 0.800. The lowest BCUT2D eigenvalue weighted by Gasteiger charge is -2.25. The Hall–Kier alpha value is -0.870. The summed E-state index contributed by atoms with van der Waals surface area (Å²) in [5.74, 6) is 0. The van der Waals surface area contributed by atoms with Gasteiger partial charge >= 0.3 is 0 Å². The maximum Gasteiger partial charge on any atom is 0.0596 e. The molecule has 106 valence electrons. The number of aryl methyl sites for hydroxylation is 2. The van der Waals surface area contributed by atoms with Gasteiger partial charge in [0.2, 0.25) is 0 Å². The van der Waals surface area contributed by atoms with Crippen LogP contribution < -0.4 is 0 Å². The summed E-state index contributed by atoms with van der Waals surface area (Å²) in [6.07, 6.45) is 4.13. The molecular formula is C15H26N4. The van der Waals surface area contributed by atoms with Gasteiger partial charge in [-0.1, -0.05) is 0 Å². The molecule has 19 heavy (non-hydrogen) atoms. The smallest absolute Gasteiger partial charge is 0.0596 e. The zero-order chi connectivity index (χ0) is 13.4. The topological polar surface area (TPSA) is 24.3 Å². The minimum Gasteiger partial charge on any atom is -0.300 e. The van der Waals surface area contributed by atoms with E-state index in [1.165, 1.54) is 38.0 Å². The lowest BCUT2D eigenvalue weighted by atomic mass is 10.1. The molecule has 1 aromatic rings. The molecular weight excluding hydrogens is 236 g/mol. The van der Waals surface area contributed by atoms with E-state index in [1.54, 1.807) is 0 Å². The van der Waals surface area contributed by atoms with Crippen molar-refractivity contribution < 1.29 is 0 Å². The van der Waals surface area contributed by atoms with E-state index in [9.17, 15) is 0 Å². The SMILES string of the molecule is Cc1cc(C)n(CCN2CC[C@H]3CC[C@@H](C2)N3C)n1. The maximum atomic E-state index is 4.56. The molecule has 0 N–H and O–H groups in total. The Morgan fingerprint density at radius 2 is 1.95 bits per heavy atom. The van der Waals surface area contributed by atoms with Crippen LogP contribution >= 0.6 is 0 Å². The van der Waals surface area contributed by atoms with Crippen molar-refractivity contribution in [2.24, 2.45) is 0 Å². The first-order valence-electron chi connectivity index (χ1n) is 7.59. The second-order valence-corrected chi connectivity index (χ2v) is 6.29. The van der Waals surface area contributed by atoms with Crippen molar-refractivity contribution in [2.45, 2.75) is 51.7 Å². The van der Waals surface area contributed by atoms with Gasteiger partial charge in [0.1, 0.15) is 0 Å². The molecule has 3 heterocycles. The Morgan fingerprint density at radius 3 is 2.68 bits per heavy atom. The van der Waals surface area contributed by atoms with Gasteiger partial charge in [0.15, 0.2) is 0 Å². The zero-order valence-corrected chi connectivity index (χ0v) is 12.5. The van der Waals surface area contributed by atoms with Crippen molar-refractivity contribution in [2.75, 3.05) is 26.7 Å². The Kier molecular flexibility index (Phi) is 3.63. The summed E-state index contributed by atoms with van der Waals surface area (Å²) >= 11 is 0. The molecule has 1 aromatic heterocycles. The van der Waals surface area contributed by atoms with E-state index >= 15 is 0 Å². The molecule has 0 aliphatic carbocycles. The molecule has 2 atom stereocenters. The molecule has 4 heteroatoms.